The van der Waals surface area contributed by atoms with Gasteiger partial charge in [-0.25, -0.2) is 28.1 Å². The molecule has 0 saturated carbocycles. The van der Waals surface area contributed by atoms with Gasteiger partial charge in [0, 0.05) is 12.5 Å². The largest absolute Gasteiger partial charge is 0.455 e. The molecule has 2 unspecified atom stereocenters. The molecule has 2 aromatic carbocycles. The van der Waals surface area contributed by atoms with E-state index in [0.29, 0.717) is 11.6 Å². The third-order valence-electron chi connectivity index (χ3n) is 4.82. The Hall–Kier alpha value is -4.17. The number of hydrogen-bond donors (Lipinski definition) is 1. The normalized spacial score (nSPS) is 13.8. The second-order valence-electron chi connectivity index (χ2n) is 7.02. The van der Waals surface area contributed by atoms with Crippen LogP contribution in [0.25, 0.3) is 0 Å². The van der Waals surface area contributed by atoms with Crippen molar-refractivity contribution in [3.05, 3.63) is 90.5 Å². The van der Waals surface area contributed by atoms with Crippen LogP contribution < -0.4 is 4.74 Å². The first-order valence-electron chi connectivity index (χ1n) is 9.49. The molecule has 2 heterocycles. The van der Waals surface area contributed by atoms with Crippen molar-refractivity contribution >= 4 is 0 Å². The molecule has 0 aliphatic rings. The zero-order valence-electron chi connectivity index (χ0n) is 16.6. The van der Waals surface area contributed by atoms with Crippen LogP contribution in [0.3, 0.4) is 0 Å². The molecule has 11 heteroatoms. The number of nitrogens with zero attached hydrogens (tertiary/aromatic N) is 7. The number of rotatable bonds is 8. The second kappa shape index (κ2) is 8.91. The number of benzene rings is 2. The third kappa shape index (κ3) is 4.60. The third-order valence-corrected chi connectivity index (χ3v) is 4.82. The fourth-order valence-electron chi connectivity index (χ4n) is 3.28. The maximum atomic E-state index is 14.4. The Kier molecular flexibility index (Phi) is 5.87. The van der Waals surface area contributed by atoms with Crippen molar-refractivity contribution < 1.29 is 18.6 Å². The van der Waals surface area contributed by atoms with Crippen molar-refractivity contribution in [2.24, 2.45) is 0 Å². The van der Waals surface area contributed by atoms with Gasteiger partial charge in [0.1, 0.15) is 43.7 Å². The fraction of sp³-hybridized carbons (Fsp3) is 0.190. The van der Waals surface area contributed by atoms with Crippen LogP contribution >= 0.6 is 0 Å². The molecule has 0 radical (unpaired) electrons. The van der Waals surface area contributed by atoms with E-state index in [1.807, 2.05) is 6.07 Å². The van der Waals surface area contributed by atoms with E-state index >= 15 is 0 Å². The molecule has 0 spiro atoms. The van der Waals surface area contributed by atoms with E-state index in [-0.39, 0.29) is 18.7 Å². The van der Waals surface area contributed by atoms with Crippen molar-refractivity contribution in [3.8, 4) is 11.8 Å². The van der Waals surface area contributed by atoms with Gasteiger partial charge in [-0.15, -0.1) is 0 Å². The molecule has 0 bridgehead atoms. The van der Waals surface area contributed by atoms with E-state index in [9.17, 15) is 13.9 Å². The summed E-state index contributed by atoms with van der Waals surface area (Å²) in [7, 11) is 0. The summed E-state index contributed by atoms with van der Waals surface area (Å²) >= 11 is 0. The fourth-order valence-corrected chi connectivity index (χ4v) is 3.28. The van der Waals surface area contributed by atoms with Gasteiger partial charge in [0.05, 0.1) is 11.6 Å². The number of halogens is 2. The molecule has 2 atom stereocenters. The lowest BCUT2D eigenvalue weighted by Gasteiger charge is -2.36. The van der Waals surface area contributed by atoms with Crippen molar-refractivity contribution in [3.63, 3.8) is 0 Å². The van der Waals surface area contributed by atoms with Gasteiger partial charge < -0.3 is 9.84 Å². The van der Waals surface area contributed by atoms with Crippen LogP contribution in [0.5, 0.6) is 5.75 Å². The van der Waals surface area contributed by atoms with Crippen LogP contribution in [0.15, 0.2) is 67.8 Å². The Morgan fingerprint density at radius 2 is 1.81 bits per heavy atom. The highest BCUT2D eigenvalue weighted by Gasteiger charge is 2.43. The molecular formula is C21H17F2N7O2. The van der Waals surface area contributed by atoms with Crippen LogP contribution in [0.4, 0.5) is 8.78 Å². The molecule has 0 aliphatic heterocycles. The summed E-state index contributed by atoms with van der Waals surface area (Å²) in [6.45, 7) is -0.245. The highest BCUT2D eigenvalue weighted by Crippen LogP contribution is 2.32. The quantitative estimate of drug-likeness (QED) is 0.421. The topological polar surface area (TPSA) is 115 Å². The number of ether oxygens (including phenoxy) is 1. The van der Waals surface area contributed by atoms with Gasteiger partial charge in [0.2, 0.25) is 0 Å². The monoisotopic (exact) mass is 437 g/mol. The van der Waals surface area contributed by atoms with Gasteiger partial charge in [-0.05, 0) is 29.8 Å². The van der Waals surface area contributed by atoms with Crippen molar-refractivity contribution in [1.29, 1.82) is 5.26 Å². The van der Waals surface area contributed by atoms with Crippen molar-refractivity contribution in [2.75, 3.05) is 0 Å². The molecule has 0 aliphatic carbocycles. The summed E-state index contributed by atoms with van der Waals surface area (Å²) in [6, 6.07) is 10.7. The summed E-state index contributed by atoms with van der Waals surface area (Å²) in [5.41, 5.74) is 1.23. The Morgan fingerprint density at radius 3 is 2.44 bits per heavy atom. The second-order valence-corrected chi connectivity index (χ2v) is 7.02. The molecule has 9 nitrogen and oxygen atoms in total. The zero-order valence-corrected chi connectivity index (χ0v) is 16.6. The van der Waals surface area contributed by atoms with Crippen LogP contribution in [-0.4, -0.2) is 40.4 Å². The van der Waals surface area contributed by atoms with Gasteiger partial charge in [-0.2, -0.15) is 15.5 Å². The van der Waals surface area contributed by atoms with E-state index in [1.54, 1.807) is 24.3 Å². The highest BCUT2D eigenvalue weighted by molar-refractivity contribution is 5.32. The average Bonchev–Trinajstić information content (AvgIpc) is 3.49. The number of aromatic nitrogens is 6. The molecule has 2 aromatic heterocycles. The minimum atomic E-state index is -2.10. The molecule has 1 N–H and O–H groups in total. The minimum Gasteiger partial charge on any atom is -0.455 e. The SMILES string of the molecule is N#Cc1ccc(CC(n2cncn2)C(O)(Cn2cncn2)Oc2ccc(F)cc2F)cc1. The lowest BCUT2D eigenvalue weighted by Crippen LogP contribution is -2.50. The Morgan fingerprint density at radius 1 is 1.06 bits per heavy atom. The lowest BCUT2D eigenvalue weighted by atomic mass is 9.97. The first-order valence-corrected chi connectivity index (χ1v) is 9.49. The molecule has 32 heavy (non-hydrogen) atoms. The van der Waals surface area contributed by atoms with Gasteiger partial charge in [0.25, 0.3) is 5.79 Å². The Labute approximate surface area is 181 Å². The van der Waals surface area contributed by atoms with Crippen LogP contribution in [0, 0.1) is 23.0 Å². The van der Waals surface area contributed by atoms with Gasteiger partial charge in [-0.1, -0.05) is 12.1 Å². The molecule has 162 valence electrons. The van der Waals surface area contributed by atoms with Crippen LogP contribution in [-0.2, 0) is 13.0 Å². The zero-order chi connectivity index (χ0) is 22.6. The summed E-state index contributed by atoms with van der Waals surface area (Å²) in [5.74, 6) is -4.20. The van der Waals surface area contributed by atoms with E-state index in [1.165, 1.54) is 34.7 Å². The Bertz CT molecular complexity index is 1210. The average molecular weight is 437 g/mol. The minimum absolute atomic E-state index is 0.184. The number of aliphatic hydroxyl groups is 1. The van der Waals surface area contributed by atoms with Crippen molar-refractivity contribution in [1.82, 2.24) is 29.5 Å². The maximum Gasteiger partial charge on any atom is 0.251 e. The van der Waals surface area contributed by atoms with Crippen molar-refractivity contribution in [2.45, 2.75) is 24.8 Å². The Balaban J connectivity index is 1.75. The number of nitriles is 1. The lowest BCUT2D eigenvalue weighted by molar-refractivity contribution is -0.187. The van der Waals surface area contributed by atoms with Gasteiger partial charge >= 0.3 is 0 Å². The van der Waals surface area contributed by atoms with E-state index < -0.39 is 23.5 Å². The smallest absolute Gasteiger partial charge is 0.251 e. The maximum absolute atomic E-state index is 14.4. The predicted molar refractivity (Wildman–Crippen MR) is 106 cm³/mol. The van der Waals surface area contributed by atoms with Gasteiger partial charge in [0.15, 0.2) is 11.6 Å². The first-order chi connectivity index (χ1) is 15.5. The van der Waals surface area contributed by atoms with E-state index in [0.717, 1.165) is 17.7 Å². The first kappa shape index (κ1) is 21.1. The predicted octanol–water partition coefficient (Wildman–Crippen LogP) is 2.27. The molecule has 0 amide bonds. The molecule has 0 fully saturated rings. The molecule has 4 rings (SSSR count). The van der Waals surface area contributed by atoms with Crippen LogP contribution in [0.1, 0.15) is 17.2 Å². The highest BCUT2D eigenvalue weighted by atomic mass is 19.1. The summed E-state index contributed by atoms with van der Waals surface area (Å²) in [6.07, 6.45) is 5.52. The number of hydrogen-bond acceptors (Lipinski definition) is 7. The van der Waals surface area contributed by atoms with E-state index in [2.05, 4.69) is 20.2 Å². The molecule has 0 saturated heterocycles. The standard InChI is InChI=1S/C21H17F2N7O2/c22-17-5-6-19(18(23)8-17)32-21(31,10-29-13-25-11-27-29)20(30-14-26-12-28-30)7-15-1-3-16(9-24)4-2-15/h1-6,8,11-14,20,31H,7,10H2. The van der Waals surface area contributed by atoms with E-state index in [4.69, 9.17) is 10.00 Å². The summed E-state index contributed by atoms with van der Waals surface area (Å²) in [5, 5.41) is 28.9. The van der Waals surface area contributed by atoms with Crippen LogP contribution in [0.2, 0.25) is 0 Å². The summed E-state index contributed by atoms with van der Waals surface area (Å²) in [4.78, 5) is 7.81. The van der Waals surface area contributed by atoms with Gasteiger partial charge in [-0.3, -0.25) is 0 Å². The molecule has 4 aromatic rings. The summed E-state index contributed by atoms with van der Waals surface area (Å²) < 4.78 is 36.2. The molecular weight excluding hydrogens is 420 g/mol.